The van der Waals surface area contributed by atoms with E-state index >= 15 is 0 Å². The van der Waals surface area contributed by atoms with E-state index in [1.807, 2.05) is 18.2 Å². The summed E-state index contributed by atoms with van der Waals surface area (Å²) < 4.78 is 0. The van der Waals surface area contributed by atoms with Gasteiger partial charge in [-0.3, -0.25) is 4.90 Å². The van der Waals surface area contributed by atoms with Gasteiger partial charge in [0.25, 0.3) is 0 Å². The molecule has 0 spiro atoms. The molecule has 0 aromatic heterocycles. The third kappa shape index (κ3) is 3.56. The molecule has 1 aromatic rings. The van der Waals surface area contributed by atoms with E-state index in [1.54, 1.807) is 6.07 Å². The van der Waals surface area contributed by atoms with Crippen LogP contribution in [0.5, 0.6) is 5.75 Å². The van der Waals surface area contributed by atoms with Gasteiger partial charge in [0.15, 0.2) is 0 Å². The number of nitrogens with zero attached hydrogens (tertiary/aromatic N) is 1. The van der Waals surface area contributed by atoms with Gasteiger partial charge in [-0.15, -0.1) is 0 Å². The van der Waals surface area contributed by atoms with Crippen LogP contribution in [0.2, 0.25) is 0 Å². The van der Waals surface area contributed by atoms with Crippen molar-refractivity contribution in [1.29, 1.82) is 0 Å². The Balaban J connectivity index is 2.62. The predicted octanol–water partition coefficient (Wildman–Crippen LogP) is 2.87. The molecule has 0 radical (unpaired) electrons. The van der Waals surface area contributed by atoms with Gasteiger partial charge in [0.05, 0.1) is 0 Å². The van der Waals surface area contributed by atoms with Crippen molar-refractivity contribution >= 4 is 0 Å². The van der Waals surface area contributed by atoms with Gasteiger partial charge in [-0.2, -0.15) is 0 Å². The van der Waals surface area contributed by atoms with E-state index in [1.165, 1.54) is 0 Å². The molecule has 1 N–H and O–H groups in total. The minimum atomic E-state index is 0.345. The smallest absolute Gasteiger partial charge is 0.115 e. The Hall–Kier alpha value is -1.02. The molecule has 1 aromatic carbocycles. The summed E-state index contributed by atoms with van der Waals surface area (Å²) in [5.41, 5.74) is 1.16. The molecular formula is C13H21NO. The van der Waals surface area contributed by atoms with Crippen LogP contribution >= 0.6 is 0 Å². The molecule has 0 saturated heterocycles. The van der Waals surface area contributed by atoms with E-state index in [0.29, 0.717) is 17.7 Å². The van der Waals surface area contributed by atoms with Crippen molar-refractivity contribution in [1.82, 2.24) is 4.90 Å². The second kappa shape index (κ2) is 5.17. The lowest BCUT2D eigenvalue weighted by Crippen LogP contribution is -2.32. The zero-order valence-electron chi connectivity index (χ0n) is 10.1. The Bertz CT molecular complexity index is 309. The van der Waals surface area contributed by atoms with E-state index in [2.05, 4.69) is 32.7 Å². The number of phenolic OH excluding ortho intramolecular Hbond substituents is 1. The number of hydrogen-bond acceptors (Lipinski definition) is 2. The van der Waals surface area contributed by atoms with Crippen LogP contribution in [-0.2, 0) is 6.54 Å². The van der Waals surface area contributed by atoms with Gasteiger partial charge in [0.1, 0.15) is 5.75 Å². The standard InChI is InChI=1S/C13H21NO/c1-10(2)11(3)14(4)9-12-6-5-7-13(15)8-12/h5-8,10-11,15H,9H2,1-4H3. The van der Waals surface area contributed by atoms with E-state index in [-0.39, 0.29) is 0 Å². The normalized spacial score (nSPS) is 13.5. The Morgan fingerprint density at radius 2 is 1.93 bits per heavy atom. The molecule has 84 valence electrons. The molecule has 0 fully saturated rings. The fourth-order valence-corrected chi connectivity index (χ4v) is 1.60. The molecule has 0 aliphatic rings. The van der Waals surface area contributed by atoms with Gasteiger partial charge in [0, 0.05) is 12.6 Å². The first-order chi connectivity index (χ1) is 7.00. The van der Waals surface area contributed by atoms with Gasteiger partial charge >= 0.3 is 0 Å². The number of rotatable bonds is 4. The summed E-state index contributed by atoms with van der Waals surface area (Å²) in [5.74, 6) is 0.991. The van der Waals surface area contributed by atoms with Crippen molar-refractivity contribution in [3.63, 3.8) is 0 Å². The van der Waals surface area contributed by atoms with Crippen LogP contribution in [0.4, 0.5) is 0 Å². The average Bonchev–Trinajstić information content (AvgIpc) is 2.16. The highest BCUT2D eigenvalue weighted by molar-refractivity contribution is 5.26. The highest BCUT2D eigenvalue weighted by atomic mass is 16.3. The second-order valence-corrected chi connectivity index (χ2v) is 4.57. The lowest BCUT2D eigenvalue weighted by atomic mass is 10.0. The first-order valence-electron chi connectivity index (χ1n) is 5.49. The minimum absolute atomic E-state index is 0.345. The van der Waals surface area contributed by atoms with Gasteiger partial charge in [-0.1, -0.05) is 26.0 Å². The molecule has 0 aliphatic heterocycles. The average molecular weight is 207 g/mol. The van der Waals surface area contributed by atoms with Gasteiger partial charge in [0.2, 0.25) is 0 Å². The molecule has 0 aliphatic carbocycles. The van der Waals surface area contributed by atoms with Crippen LogP contribution < -0.4 is 0 Å². The second-order valence-electron chi connectivity index (χ2n) is 4.57. The highest BCUT2D eigenvalue weighted by Crippen LogP contribution is 2.15. The number of benzene rings is 1. The summed E-state index contributed by atoms with van der Waals surface area (Å²) in [6.07, 6.45) is 0. The number of aromatic hydroxyl groups is 1. The maximum Gasteiger partial charge on any atom is 0.115 e. The Kier molecular flexibility index (Phi) is 4.15. The maximum absolute atomic E-state index is 9.36. The number of hydrogen-bond donors (Lipinski definition) is 1. The Morgan fingerprint density at radius 3 is 2.47 bits per heavy atom. The van der Waals surface area contributed by atoms with Crippen LogP contribution in [-0.4, -0.2) is 23.1 Å². The van der Waals surface area contributed by atoms with Crippen LogP contribution in [0.25, 0.3) is 0 Å². The third-order valence-corrected chi connectivity index (χ3v) is 3.00. The SMILES string of the molecule is CC(C)C(C)N(C)Cc1cccc(O)c1. The van der Waals surface area contributed by atoms with Crippen molar-refractivity contribution in [3.8, 4) is 5.75 Å². The zero-order valence-corrected chi connectivity index (χ0v) is 10.1. The Morgan fingerprint density at radius 1 is 1.27 bits per heavy atom. The largest absolute Gasteiger partial charge is 0.508 e. The van der Waals surface area contributed by atoms with Crippen molar-refractivity contribution in [2.24, 2.45) is 5.92 Å². The van der Waals surface area contributed by atoms with Crippen molar-refractivity contribution < 1.29 is 5.11 Å². The predicted molar refractivity (Wildman–Crippen MR) is 63.9 cm³/mol. The van der Waals surface area contributed by atoms with Crippen LogP contribution in [0, 0.1) is 5.92 Å². The van der Waals surface area contributed by atoms with E-state index in [0.717, 1.165) is 12.1 Å². The van der Waals surface area contributed by atoms with E-state index < -0.39 is 0 Å². The van der Waals surface area contributed by atoms with E-state index in [4.69, 9.17) is 0 Å². The lowest BCUT2D eigenvalue weighted by Gasteiger charge is -2.27. The van der Waals surface area contributed by atoms with Crippen LogP contribution in [0.15, 0.2) is 24.3 Å². The van der Waals surface area contributed by atoms with Crippen molar-refractivity contribution in [2.45, 2.75) is 33.4 Å². The summed E-state index contributed by atoms with van der Waals surface area (Å²) in [6.45, 7) is 7.56. The quantitative estimate of drug-likeness (QED) is 0.820. The molecular weight excluding hydrogens is 186 g/mol. The first kappa shape index (κ1) is 12.1. The maximum atomic E-state index is 9.36. The monoisotopic (exact) mass is 207 g/mol. The van der Waals surface area contributed by atoms with E-state index in [9.17, 15) is 5.11 Å². The molecule has 0 heterocycles. The van der Waals surface area contributed by atoms with Crippen molar-refractivity contribution in [3.05, 3.63) is 29.8 Å². The Labute approximate surface area is 92.5 Å². The molecule has 0 saturated carbocycles. The molecule has 1 rings (SSSR count). The molecule has 15 heavy (non-hydrogen) atoms. The lowest BCUT2D eigenvalue weighted by molar-refractivity contribution is 0.200. The highest BCUT2D eigenvalue weighted by Gasteiger charge is 2.12. The molecule has 2 nitrogen and oxygen atoms in total. The van der Waals surface area contributed by atoms with Gasteiger partial charge in [-0.05, 0) is 37.6 Å². The van der Waals surface area contributed by atoms with Gasteiger partial charge < -0.3 is 5.11 Å². The molecule has 2 heteroatoms. The summed E-state index contributed by atoms with van der Waals surface area (Å²) >= 11 is 0. The molecule has 0 amide bonds. The third-order valence-electron chi connectivity index (χ3n) is 3.00. The summed E-state index contributed by atoms with van der Waals surface area (Å²) in [4.78, 5) is 2.31. The summed E-state index contributed by atoms with van der Waals surface area (Å²) in [6, 6.07) is 8.01. The number of phenols is 1. The van der Waals surface area contributed by atoms with Crippen molar-refractivity contribution in [2.75, 3.05) is 7.05 Å². The summed E-state index contributed by atoms with van der Waals surface area (Å²) in [7, 11) is 2.12. The summed E-state index contributed by atoms with van der Waals surface area (Å²) in [5, 5.41) is 9.36. The fraction of sp³-hybridized carbons (Fsp3) is 0.538. The topological polar surface area (TPSA) is 23.5 Å². The molecule has 0 bridgehead atoms. The van der Waals surface area contributed by atoms with Gasteiger partial charge in [-0.25, -0.2) is 0 Å². The molecule has 1 unspecified atom stereocenters. The molecule has 1 atom stereocenters. The van der Waals surface area contributed by atoms with Crippen LogP contribution in [0.3, 0.4) is 0 Å². The zero-order chi connectivity index (χ0) is 11.4. The first-order valence-corrected chi connectivity index (χ1v) is 5.49. The minimum Gasteiger partial charge on any atom is -0.508 e. The van der Waals surface area contributed by atoms with Crippen LogP contribution in [0.1, 0.15) is 26.3 Å². The fourth-order valence-electron chi connectivity index (χ4n) is 1.60.